The number of hydrogen-bond acceptors (Lipinski definition) is 4. The lowest BCUT2D eigenvalue weighted by Crippen LogP contribution is -2.36. The van der Waals surface area contributed by atoms with Crippen LogP contribution in [0.25, 0.3) is 0 Å². The van der Waals surface area contributed by atoms with E-state index < -0.39 is 17.6 Å². The lowest BCUT2D eigenvalue weighted by atomic mass is 9.95. The third-order valence-corrected chi connectivity index (χ3v) is 3.82. The molecule has 2 heterocycles. The molecule has 6 heteroatoms. The Balaban J connectivity index is 2.12. The third kappa shape index (κ3) is 2.14. The van der Waals surface area contributed by atoms with Crippen molar-refractivity contribution in [2.24, 2.45) is 0 Å². The van der Waals surface area contributed by atoms with E-state index in [0.29, 0.717) is 16.3 Å². The first kappa shape index (κ1) is 14.5. The smallest absolute Gasteiger partial charge is 0.249 e. The zero-order valence-corrected chi connectivity index (χ0v) is 12.5. The first-order valence-corrected chi connectivity index (χ1v) is 7.16. The fourth-order valence-corrected chi connectivity index (χ4v) is 2.73. The molecule has 1 aromatic carbocycles. The van der Waals surface area contributed by atoms with Gasteiger partial charge >= 0.3 is 0 Å². The molecule has 22 heavy (non-hydrogen) atoms. The van der Waals surface area contributed by atoms with Crippen LogP contribution in [0, 0.1) is 0 Å². The zero-order valence-electron chi connectivity index (χ0n) is 11.7. The van der Waals surface area contributed by atoms with E-state index >= 15 is 0 Å². The monoisotopic (exact) mass is 317 g/mol. The largest absolute Gasteiger partial charge is 0.461 e. The van der Waals surface area contributed by atoms with Crippen molar-refractivity contribution < 1.29 is 18.8 Å². The van der Waals surface area contributed by atoms with Crippen molar-refractivity contribution >= 4 is 34.9 Å². The van der Waals surface area contributed by atoms with Crippen LogP contribution in [0.3, 0.4) is 0 Å². The number of hydrogen-bond donors (Lipinski definition) is 0. The minimum Gasteiger partial charge on any atom is -0.461 e. The number of carbonyl (C=O) groups excluding carboxylic acids is 3. The van der Waals surface area contributed by atoms with Gasteiger partial charge in [0.2, 0.25) is 17.6 Å². The van der Waals surface area contributed by atoms with Gasteiger partial charge in [-0.15, -0.1) is 0 Å². The maximum absolute atomic E-state index is 12.6. The normalized spacial score (nSPS) is 16.7. The van der Waals surface area contributed by atoms with Crippen molar-refractivity contribution in [3.63, 3.8) is 0 Å². The fourth-order valence-electron chi connectivity index (χ4n) is 2.57. The minimum atomic E-state index is -1.08. The van der Waals surface area contributed by atoms with Gasteiger partial charge in [0.15, 0.2) is 5.76 Å². The number of ketones is 1. The van der Waals surface area contributed by atoms with Gasteiger partial charge in [-0.05, 0) is 29.8 Å². The predicted octanol–water partition coefficient (Wildman–Crippen LogP) is 3.18. The highest BCUT2D eigenvalue weighted by Gasteiger charge is 2.45. The molecule has 5 nitrogen and oxygen atoms in total. The van der Waals surface area contributed by atoms with Crippen LogP contribution in [0.5, 0.6) is 0 Å². The van der Waals surface area contributed by atoms with Crippen LogP contribution in [-0.4, -0.2) is 17.6 Å². The second kappa shape index (κ2) is 5.42. The molecular weight excluding hydrogens is 306 g/mol. The van der Waals surface area contributed by atoms with Crippen molar-refractivity contribution in [2.75, 3.05) is 4.90 Å². The molecule has 0 bridgehead atoms. The first-order valence-electron chi connectivity index (χ1n) is 6.78. The highest BCUT2D eigenvalue weighted by Crippen LogP contribution is 2.41. The van der Waals surface area contributed by atoms with Gasteiger partial charge in [0.05, 0.1) is 12.0 Å². The summed E-state index contributed by atoms with van der Waals surface area (Å²) < 4.78 is 5.09. The summed E-state index contributed by atoms with van der Waals surface area (Å²) in [5, 5.41) is 0.395. The number of rotatable bonds is 3. The van der Waals surface area contributed by atoms with Gasteiger partial charge < -0.3 is 4.42 Å². The van der Waals surface area contributed by atoms with Gasteiger partial charge in [-0.25, -0.2) is 4.90 Å². The summed E-state index contributed by atoms with van der Waals surface area (Å²) in [5.41, 5.74) is 0.840. The second-order valence-electron chi connectivity index (χ2n) is 4.90. The van der Waals surface area contributed by atoms with Gasteiger partial charge in [0, 0.05) is 11.4 Å². The lowest BCUT2D eigenvalue weighted by molar-refractivity contribution is -0.125. The number of furan rings is 1. The molecule has 1 aromatic heterocycles. The number of Topliss-reactive ketones (excluding diaryl/α,β-unsaturated/α-hetero) is 1. The van der Waals surface area contributed by atoms with E-state index in [-0.39, 0.29) is 18.1 Å². The Bertz CT molecular complexity index is 766. The molecule has 112 valence electrons. The van der Waals surface area contributed by atoms with E-state index in [1.54, 1.807) is 25.1 Å². The number of nitrogens with zero attached hydrogens (tertiary/aromatic N) is 1. The molecule has 3 rings (SSSR count). The molecule has 2 aromatic rings. The van der Waals surface area contributed by atoms with E-state index in [2.05, 4.69) is 0 Å². The molecule has 0 spiro atoms. The SMILES string of the molecule is CCC(=O)N1C(=O)C(C(=O)c2ccco2)c2ccc(Cl)cc21. The predicted molar refractivity (Wildman–Crippen MR) is 80.0 cm³/mol. The number of carbonyl (C=O) groups is 3. The van der Waals surface area contributed by atoms with Crippen LogP contribution >= 0.6 is 11.6 Å². The van der Waals surface area contributed by atoms with Gasteiger partial charge in [0.1, 0.15) is 5.92 Å². The van der Waals surface area contributed by atoms with Crippen LogP contribution in [0.4, 0.5) is 5.69 Å². The number of fused-ring (bicyclic) bond motifs is 1. The van der Waals surface area contributed by atoms with Crippen LogP contribution in [0.1, 0.15) is 35.4 Å². The Morgan fingerprint density at radius 2 is 2.09 bits per heavy atom. The van der Waals surface area contributed by atoms with Gasteiger partial charge in [-0.2, -0.15) is 0 Å². The molecule has 0 saturated carbocycles. The molecule has 0 saturated heterocycles. The van der Waals surface area contributed by atoms with Crippen molar-refractivity contribution in [1.82, 2.24) is 0 Å². The molecule has 0 N–H and O–H groups in total. The molecule has 1 aliphatic rings. The summed E-state index contributed by atoms with van der Waals surface area (Å²) >= 11 is 5.96. The summed E-state index contributed by atoms with van der Waals surface area (Å²) in [7, 11) is 0. The maximum Gasteiger partial charge on any atom is 0.249 e. The summed E-state index contributed by atoms with van der Waals surface area (Å²) in [6.07, 6.45) is 1.52. The Morgan fingerprint density at radius 3 is 2.73 bits per heavy atom. The van der Waals surface area contributed by atoms with Crippen molar-refractivity contribution in [2.45, 2.75) is 19.3 Å². The highest BCUT2D eigenvalue weighted by molar-refractivity contribution is 6.33. The summed E-state index contributed by atoms with van der Waals surface area (Å²) in [4.78, 5) is 38.3. The van der Waals surface area contributed by atoms with Crippen LogP contribution in [0.15, 0.2) is 41.0 Å². The number of halogens is 1. The molecule has 0 aliphatic carbocycles. The van der Waals surface area contributed by atoms with Gasteiger partial charge in [0.25, 0.3) is 0 Å². The molecule has 1 unspecified atom stereocenters. The van der Waals surface area contributed by atoms with Crippen molar-refractivity contribution in [3.8, 4) is 0 Å². The summed E-state index contributed by atoms with van der Waals surface area (Å²) in [6.45, 7) is 1.65. The van der Waals surface area contributed by atoms with E-state index in [9.17, 15) is 14.4 Å². The third-order valence-electron chi connectivity index (χ3n) is 3.59. The number of amides is 2. The summed E-state index contributed by atoms with van der Waals surface area (Å²) in [5.74, 6) is -2.39. The Hall–Kier alpha value is -2.40. The van der Waals surface area contributed by atoms with Crippen molar-refractivity contribution in [3.05, 3.63) is 52.9 Å². The number of benzene rings is 1. The van der Waals surface area contributed by atoms with E-state index in [1.165, 1.54) is 18.4 Å². The number of imide groups is 1. The Kier molecular flexibility index (Phi) is 3.58. The molecular formula is C16H12ClNO4. The number of anilines is 1. The minimum absolute atomic E-state index is 0.0880. The standard InChI is InChI=1S/C16H12ClNO4/c1-2-13(19)18-11-8-9(17)5-6-10(11)14(16(18)21)15(20)12-4-3-7-22-12/h3-8,14H,2H2,1H3. The Labute approximate surface area is 131 Å². The topological polar surface area (TPSA) is 67.6 Å². The van der Waals surface area contributed by atoms with Gasteiger partial charge in [-0.3, -0.25) is 14.4 Å². The maximum atomic E-state index is 12.6. The molecule has 1 aliphatic heterocycles. The molecule has 0 fully saturated rings. The fraction of sp³-hybridized carbons (Fsp3) is 0.188. The van der Waals surface area contributed by atoms with Crippen molar-refractivity contribution in [1.29, 1.82) is 0 Å². The Morgan fingerprint density at radius 1 is 1.32 bits per heavy atom. The molecule has 2 amide bonds. The lowest BCUT2D eigenvalue weighted by Gasteiger charge is -2.14. The van der Waals surface area contributed by atoms with E-state index in [4.69, 9.17) is 16.0 Å². The molecule has 1 atom stereocenters. The van der Waals surface area contributed by atoms with Crippen LogP contribution in [-0.2, 0) is 9.59 Å². The highest BCUT2D eigenvalue weighted by atomic mass is 35.5. The average Bonchev–Trinajstić information content (AvgIpc) is 3.11. The van der Waals surface area contributed by atoms with Crippen LogP contribution in [0.2, 0.25) is 5.02 Å². The molecule has 0 radical (unpaired) electrons. The van der Waals surface area contributed by atoms with E-state index in [1.807, 2.05) is 0 Å². The van der Waals surface area contributed by atoms with E-state index in [0.717, 1.165) is 4.90 Å². The second-order valence-corrected chi connectivity index (χ2v) is 5.34. The van der Waals surface area contributed by atoms with Crippen LogP contribution < -0.4 is 4.90 Å². The first-order chi connectivity index (χ1) is 10.5. The quantitative estimate of drug-likeness (QED) is 0.644. The van der Waals surface area contributed by atoms with Gasteiger partial charge in [-0.1, -0.05) is 24.6 Å². The summed E-state index contributed by atoms with van der Waals surface area (Å²) in [6, 6.07) is 7.79. The zero-order chi connectivity index (χ0) is 15.9. The average molecular weight is 318 g/mol.